The van der Waals surface area contributed by atoms with Crippen molar-refractivity contribution in [2.45, 2.75) is 12.8 Å². The van der Waals surface area contributed by atoms with Gasteiger partial charge in [-0.25, -0.2) is 8.78 Å². The second-order valence-electron chi connectivity index (χ2n) is 8.27. The number of ether oxygens (including phenoxy) is 2. The van der Waals surface area contributed by atoms with Gasteiger partial charge >= 0.3 is 0 Å². The number of nitro groups is 1. The summed E-state index contributed by atoms with van der Waals surface area (Å²) < 4.78 is 38.5. The van der Waals surface area contributed by atoms with E-state index < -0.39 is 34.2 Å². The number of halogens is 2. The van der Waals surface area contributed by atoms with Gasteiger partial charge in [0.1, 0.15) is 28.9 Å². The van der Waals surface area contributed by atoms with E-state index in [1.807, 2.05) is 0 Å². The third-order valence-corrected chi connectivity index (χ3v) is 6.04. The topological polar surface area (TPSA) is 99.0 Å². The van der Waals surface area contributed by atoms with Gasteiger partial charge in [0.15, 0.2) is 5.78 Å². The van der Waals surface area contributed by atoms with E-state index in [0.29, 0.717) is 11.5 Å². The van der Waals surface area contributed by atoms with Crippen LogP contribution < -0.4 is 9.47 Å². The van der Waals surface area contributed by atoms with Crippen molar-refractivity contribution >= 4 is 17.4 Å². The molecule has 10 heteroatoms. The highest BCUT2D eigenvalue weighted by Crippen LogP contribution is 2.32. The number of carbonyl (C=O) groups excluding carboxylic acids is 2. The zero-order valence-corrected chi connectivity index (χ0v) is 19.3. The van der Waals surface area contributed by atoms with Gasteiger partial charge in [-0.15, -0.1) is 0 Å². The second kappa shape index (κ2) is 10.5. The summed E-state index contributed by atoms with van der Waals surface area (Å²) in [6.45, 7) is 0.327. The normalized spacial score (nSPS) is 13.8. The van der Waals surface area contributed by atoms with Gasteiger partial charge in [-0.05, 0) is 61.4 Å². The Morgan fingerprint density at radius 2 is 1.61 bits per heavy atom. The first kappa shape index (κ1) is 24.8. The Balaban J connectivity index is 1.52. The van der Waals surface area contributed by atoms with Gasteiger partial charge in [0.2, 0.25) is 0 Å². The molecular weight excluding hydrogens is 474 g/mol. The van der Waals surface area contributed by atoms with Crippen molar-refractivity contribution in [1.82, 2.24) is 4.90 Å². The quantitative estimate of drug-likeness (QED) is 0.246. The molecule has 0 atom stereocenters. The van der Waals surface area contributed by atoms with E-state index in [-0.39, 0.29) is 48.5 Å². The first-order valence-corrected chi connectivity index (χ1v) is 11.2. The summed E-state index contributed by atoms with van der Waals surface area (Å²) >= 11 is 0. The molecule has 0 N–H and O–H groups in total. The minimum Gasteiger partial charge on any atom is -0.497 e. The van der Waals surface area contributed by atoms with Gasteiger partial charge in [-0.2, -0.15) is 0 Å². The van der Waals surface area contributed by atoms with E-state index in [1.54, 1.807) is 24.3 Å². The summed E-state index contributed by atoms with van der Waals surface area (Å²) in [4.78, 5) is 38.3. The third kappa shape index (κ3) is 5.32. The lowest BCUT2D eigenvalue weighted by atomic mass is 9.88. The number of amides is 1. The number of rotatable bonds is 7. The van der Waals surface area contributed by atoms with E-state index in [0.717, 1.165) is 24.3 Å². The zero-order chi connectivity index (χ0) is 25.8. The molecule has 0 spiro atoms. The number of likely N-dealkylation sites (tertiary alicyclic amines) is 1. The lowest BCUT2D eigenvalue weighted by Crippen LogP contribution is -2.40. The largest absolute Gasteiger partial charge is 0.497 e. The number of piperidine rings is 1. The minimum absolute atomic E-state index is 0.000898. The van der Waals surface area contributed by atoms with Crippen molar-refractivity contribution in [3.05, 3.63) is 93.5 Å². The maximum atomic E-state index is 14.0. The first-order valence-electron chi connectivity index (χ1n) is 11.2. The fourth-order valence-electron chi connectivity index (χ4n) is 4.08. The van der Waals surface area contributed by atoms with E-state index in [4.69, 9.17) is 9.47 Å². The molecule has 4 rings (SSSR count). The van der Waals surface area contributed by atoms with E-state index >= 15 is 0 Å². The van der Waals surface area contributed by atoms with Crippen LogP contribution in [-0.4, -0.2) is 41.7 Å². The molecule has 0 aliphatic carbocycles. The molecule has 1 fully saturated rings. The monoisotopic (exact) mass is 496 g/mol. The number of hydrogen-bond acceptors (Lipinski definition) is 6. The molecule has 36 heavy (non-hydrogen) atoms. The first-order chi connectivity index (χ1) is 17.3. The summed E-state index contributed by atoms with van der Waals surface area (Å²) in [6.07, 6.45) is 0.480. The standard InChI is InChI=1S/C26H22F2N2O6/c1-35-19-4-6-20(7-5-19)36-24-9-3-18(30(33)34)15-22(24)26(32)29-12-10-16(11-13-29)25(31)21-14-17(27)2-8-23(21)28/h2-9,14-16H,10-13H2,1H3. The number of benzene rings is 3. The minimum atomic E-state index is -0.795. The van der Waals surface area contributed by atoms with Gasteiger partial charge in [-0.3, -0.25) is 19.7 Å². The Labute approximate surface area is 205 Å². The highest BCUT2D eigenvalue weighted by atomic mass is 19.1. The lowest BCUT2D eigenvalue weighted by molar-refractivity contribution is -0.384. The van der Waals surface area contributed by atoms with Gasteiger partial charge in [0.05, 0.1) is 23.2 Å². The van der Waals surface area contributed by atoms with Crippen LogP contribution in [0, 0.1) is 27.7 Å². The van der Waals surface area contributed by atoms with Crippen LogP contribution >= 0.6 is 0 Å². The molecule has 0 radical (unpaired) electrons. The maximum Gasteiger partial charge on any atom is 0.270 e. The number of methoxy groups -OCH3 is 1. The van der Waals surface area contributed by atoms with E-state index in [2.05, 4.69) is 0 Å². The van der Waals surface area contributed by atoms with Crippen LogP contribution in [-0.2, 0) is 0 Å². The highest BCUT2D eigenvalue weighted by Gasteiger charge is 2.31. The highest BCUT2D eigenvalue weighted by molar-refractivity contribution is 5.99. The molecular formula is C26H22F2N2O6. The number of Topliss-reactive ketones (excluding diaryl/α,β-unsaturated/α-hetero) is 1. The molecule has 1 aliphatic heterocycles. The van der Waals surface area contributed by atoms with Gasteiger partial charge in [-0.1, -0.05) is 0 Å². The molecule has 186 valence electrons. The molecule has 0 unspecified atom stereocenters. The Morgan fingerprint density at radius 1 is 0.944 bits per heavy atom. The Bertz CT molecular complexity index is 1300. The van der Waals surface area contributed by atoms with Gasteiger partial charge in [0, 0.05) is 31.1 Å². The number of nitrogens with zero attached hydrogens (tertiary/aromatic N) is 2. The molecule has 1 aliphatic rings. The number of non-ortho nitro benzene ring substituents is 1. The molecule has 3 aromatic rings. The molecule has 0 bridgehead atoms. The predicted octanol–water partition coefficient (Wildman–Crippen LogP) is 5.41. The van der Waals surface area contributed by atoms with E-state index in [9.17, 15) is 28.5 Å². The van der Waals surface area contributed by atoms with Crippen molar-refractivity contribution in [3.63, 3.8) is 0 Å². The molecule has 1 saturated heterocycles. The van der Waals surface area contributed by atoms with Crippen LogP contribution in [0.15, 0.2) is 60.7 Å². The molecule has 8 nitrogen and oxygen atoms in total. The molecule has 0 saturated carbocycles. The van der Waals surface area contributed by atoms with Gasteiger partial charge < -0.3 is 14.4 Å². The second-order valence-corrected chi connectivity index (χ2v) is 8.27. The summed E-state index contributed by atoms with van der Waals surface area (Å²) in [7, 11) is 1.52. The predicted molar refractivity (Wildman–Crippen MR) is 125 cm³/mol. The average molecular weight is 496 g/mol. The van der Waals surface area contributed by atoms with Crippen LogP contribution in [0.3, 0.4) is 0 Å². The lowest BCUT2D eigenvalue weighted by Gasteiger charge is -2.31. The van der Waals surface area contributed by atoms with Crippen molar-refractivity contribution in [1.29, 1.82) is 0 Å². The average Bonchev–Trinajstić information content (AvgIpc) is 2.90. The number of ketones is 1. The van der Waals surface area contributed by atoms with Gasteiger partial charge in [0.25, 0.3) is 11.6 Å². The Morgan fingerprint density at radius 3 is 2.25 bits per heavy atom. The van der Waals surface area contributed by atoms with Crippen molar-refractivity contribution in [2.24, 2.45) is 5.92 Å². The zero-order valence-electron chi connectivity index (χ0n) is 19.3. The van der Waals surface area contributed by atoms with Crippen LogP contribution in [0.4, 0.5) is 14.5 Å². The summed E-state index contributed by atoms with van der Waals surface area (Å²) in [6, 6.07) is 13.1. The number of carbonyl (C=O) groups is 2. The number of hydrogen-bond donors (Lipinski definition) is 0. The summed E-state index contributed by atoms with van der Waals surface area (Å²) in [5, 5.41) is 11.3. The van der Waals surface area contributed by atoms with Crippen LogP contribution in [0.5, 0.6) is 17.2 Å². The molecule has 3 aromatic carbocycles. The Hall–Kier alpha value is -4.34. The van der Waals surface area contributed by atoms with Crippen molar-refractivity contribution < 1.29 is 32.8 Å². The van der Waals surface area contributed by atoms with Crippen LogP contribution in [0.1, 0.15) is 33.6 Å². The maximum absolute atomic E-state index is 14.0. The SMILES string of the molecule is COc1ccc(Oc2ccc([N+](=O)[O-])cc2C(=O)N2CCC(C(=O)c3cc(F)ccc3F)CC2)cc1. The summed E-state index contributed by atoms with van der Waals surface area (Å²) in [5.41, 5.74) is -0.582. The molecule has 1 amide bonds. The summed E-state index contributed by atoms with van der Waals surface area (Å²) in [5.74, 6) is -1.94. The van der Waals surface area contributed by atoms with E-state index in [1.165, 1.54) is 24.1 Å². The van der Waals surface area contributed by atoms with Crippen molar-refractivity contribution in [3.8, 4) is 17.2 Å². The smallest absolute Gasteiger partial charge is 0.270 e. The van der Waals surface area contributed by atoms with Crippen LogP contribution in [0.25, 0.3) is 0 Å². The molecule has 0 aromatic heterocycles. The Kier molecular flexibility index (Phi) is 7.23. The third-order valence-electron chi connectivity index (χ3n) is 6.04. The van der Waals surface area contributed by atoms with Crippen LogP contribution in [0.2, 0.25) is 0 Å². The molecule has 1 heterocycles. The fraction of sp³-hybridized carbons (Fsp3) is 0.231. The number of nitro benzene ring substituents is 1. The fourth-order valence-corrected chi connectivity index (χ4v) is 4.08. The van der Waals surface area contributed by atoms with Crippen molar-refractivity contribution in [2.75, 3.05) is 20.2 Å².